The fourth-order valence-corrected chi connectivity index (χ4v) is 5.80. The van der Waals surface area contributed by atoms with Gasteiger partial charge in [-0.15, -0.1) is 0 Å². The number of hydrogen-bond donors (Lipinski definition) is 0. The van der Waals surface area contributed by atoms with E-state index in [1.807, 2.05) is 6.20 Å². The molecule has 33 heavy (non-hydrogen) atoms. The molecular weight excluding hydrogens is 402 g/mol. The van der Waals surface area contributed by atoms with Gasteiger partial charge in [-0.2, -0.15) is 0 Å². The molecule has 0 amide bonds. The van der Waals surface area contributed by atoms with Crippen molar-refractivity contribution in [1.82, 2.24) is 9.55 Å². The predicted octanol–water partition coefficient (Wildman–Crippen LogP) is 7.92. The van der Waals surface area contributed by atoms with Crippen molar-refractivity contribution in [2.45, 2.75) is 6.92 Å². The van der Waals surface area contributed by atoms with Crippen molar-refractivity contribution in [2.24, 2.45) is 0 Å². The first kappa shape index (κ1) is 17.2. The Bertz CT molecular complexity index is 1790. The molecule has 154 valence electrons. The summed E-state index contributed by atoms with van der Waals surface area (Å²) in [6.07, 6.45) is 1.98. The molecule has 0 spiro atoms. The molecule has 0 saturated heterocycles. The maximum atomic E-state index is 4.97. The van der Waals surface area contributed by atoms with Gasteiger partial charge in [0.15, 0.2) is 0 Å². The van der Waals surface area contributed by atoms with Gasteiger partial charge in [0.1, 0.15) is 0 Å². The van der Waals surface area contributed by atoms with E-state index in [9.17, 15) is 0 Å². The Hall–Kier alpha value is -4.37. The summed E-state index contributed by atoms with van der Waals surface area (Å²) in [7, 11) is 0. The zero-order valence-electron chi connectivity index (χ0n) is 18.1. The Morgan fingerprint density at radius 2 is 1.39 bits per heavy atom. The summed E-state index contributed by atoms with van der Waals surface area (Å²) in [5.74, 6) is 0. The standard InChI is InChI=1S/C30H19N3/c1-18-16-27-28(31-17-18)21-10-3-2-8-19(21)22-14-15-23-20-9-4-5-11-24(20)32-25-12-6-7-13-26(25)33(27)29(22)30(23)32/h2-17H,1H3. The third kappa shape index (κ3) is 2.03. The Morgan fingerprint density at radius 3 is 2.30 bits per heavy atom. The van der Waals surface area contributed by atoms with Gasteiger partial charge in [-0.05, 0) is 42.3 Å². The van der Waals surface area contributed by atoms with Crippen molar-refractivity contribution in [3.05, 3.63) is 103 Å². The number of rotatable bonds is 0. The van der Waals surface area contributed by atoms with Gasteiger partial charge in [0.2, 0.25) is 0 Å². The van der Waals surface area contributed by atoms with Crippen molar-refractivity contribution in [2.75, 3.05) is 4.90 Å². The molecule has 2 aromatic heterocycles. The third-order valence-electron chi connectivity index (χ3n) is 7.11. The van der Waals surface area contributed by atoms with Crippen LogP contribution >= 0.6 is 0 Å². The van der Waals surface area contributed by atoms with Crippen LogP contribution in [0.3, 0.4) is 0 Å². The van der Waals surface area contributed by atoms with Crippen LogP contribution in [0.5, 0.6) is 0 Å². The van der Waals surface area contributed by atoms with E-state index < -0.39 is 0 Å². The molecule has 0 bridgehead atoms. The van der Waals surface area contributed by atoms with Crippen molar-refractivity contribution >= 4 is 38.9 Å². The molecule has 0 radical (unpaired) electrons. The number of hydrogen-bond acceptors (Lipinski definition) is 2. The fraction of sp³-hybridized carbons (Fsp3) is 0.0333. The Kier molecular flexibility index (Phi) is 3.08. The number of aryl methyl sites for hydroxylation is 1. The Morgan fingerprint density at radius 1 is 0.636 bits per heavy atom. The van der Waals surface area contributed by atoms with Crippen LogP contribution in [0.4, 0.5) is 17.1 Å². The first-order valence-corrected chi connectivity index (χ1v) is 11.3. The summed E-state index contributed by atoms with van der Waals surface area (Å²) in [4.78, 5) is 7.41. The zero-order chi connectivity index (χ0) is 21.7. The molecule has 4 aromatic carbocycles. The Balaban J connectivity index is 1.69. The van der Waals surface area contributed by atoms with Gasteiger partial charge in [0, 0.05) is 28.1 Å². The number of para-hydroxylation sites is 3. The van der Waals surface area contributed by atoms with Gasteiger partial charge in [0.05, 0.1) is 39.5 Å². The minimum absolute atomic E-state index is 1.03. The molecule has 3 nitrogen and oxygen atoms in total. The molecule has 0 unspecified atom stereocenters. The van der Waals surface area contributed by atoms with Crippen LogP contribution in [0.15, 0.2) is 97.2 Å². The van der Waals surface area contributed by atoms with Crippen LogP contribution in [0.25, 0.3) is 49.9 Å². The molecule has 0 fully saturated rings. The van der Waals surface area contributed by atoms with Crippen molar-refractivity contribution in [1.29, 1.82) is 0 Å². The van der Waals surface area contributed by atoms with Crippen LogP contribution in [0, 0.1) is 6.92 Å². The van der Waals surface area contributed by atoms with Crippen molar-refractivity contribution in [3.63, 3.8) is 0 Å². The lowest BCUT2D eigenvalue weighted by molar-refractivity contribution is 1.11. The first-order valence-electron chi connectivity index (χ1n) is 11.3. The topological polar surface area (TPSA) is 21.1 Å². The van der Waals surface area contributed by atoms with Crippen LogP contribution in [-0.2, 0) is 0 Å². The van der Waals surface area contributed by atoms with Gasteiger partial charge in [0.25, 0.3) is 0 Å². The minimum atomic E-state index is 1.03. The number of pyridine rings is 1. The normalized spacial score (nSPS) is 12.9. The number of anilines is 3. The lowest BCUT2D eigenvalue weighted by atomic mass is 9.95. The molecular formula is C30H19N3. The highest BCUT2D eigenvalue weighted by molar-refractivity contribution is 6.21. The van der Waals surface area contributed by atoms with Crippen molar-refractivity contribution < 1.29 is 0 Å². The zero-order valence-corrected chi connectivity index (χ0v) is 18.1. The van der Waals surface area contributed by atoms with Crippen LogP contribution < -0.4 is 4.90 Å². The summed E-state index contributed by atoms with van der Waals surface area (Å²) in [6.45, 7) is 2.12. The highest BCUT2D eigenvalue weighted by Gasteiger charge is 2.35. The highest BCUT2D eigenvalue weighted by atomic mass is 15.2. The van der Waals surface area contributed by atoms with Gasteiger partial charge in [-0.25, -0.2) is 0 Å². The minimum Gasteiger partial charge on any atom is -0.305 e. The van der Waals surface area contributed by atoms with Crippen LogP contribution in [0.2, 0.25) is 0 Å². The predicted molar refractivity (Wildman–Crippen MR) is 136 cm³/mol. The van der Waals surface area contributed by atoms with E-state index >= 15 is 0 Å². The molecule has 0 atom stereocenters. The summed E-state index contributed by atoms with van der Waals surface area (Å²) < 4.78 is 2.45. The second-order valence-electron chi connectivity index (χ2n) is 8.96. The molecule has 0 N–H and O–H groups in total. The number of benzene rings is 4. The van der Waals surface area contributed by atoms with Gasteiger partial charge >= 0.3 is 0 Å². The summed E-state index contributed by atoms with van der Waals surface area (Å²) in [5.41, 5.74) is 13.1. The van der Waals surface area contributed by atoms with E-state index in [-0.39, 0.29) is 0 Å². The summed E-state index contributed by atoms with van der Waals surface area (Å²) in [5, 5.41) is 2.57. The number of nitrogens with zero attached hydrogens (tertiary/aromatic N) is 3. The second-order valence-corrected chi connectivity index (χ2v) is 8.96. The Labute approximate surface area is 191 Å². The van der Waals surface area contributed by atoms with Gasteiger partial charge in [-0.1, -0.05) is 66.7 Å². The molecule has 3 heteroatoms. The summed E-state index contributed by atoms with van der Waals surface area (Å²) >= 11 is 0. The van der Waals surface area contributed by atoms with E-state index in [2.05, 4.69) is 107 Å². The number of fused-ring (bicyclic) bond motifs is 11. The quantitative estimate of drug-likeness (QED) is 0.248. The van der Waals surface area contributed by atoms with Crippen LogP contribution in [0.1, 0.15) is 5.56 Å². The molecule has 8 rings (SSSR count). The average molecular weight is 422 g/mol. The largest absolute Gasteiger partial charge is 0.305 e. The lowest BCUT2D eigenvalue weighted by Gasteiger charge is -2.34. The highest BCUT2D eigenvalue weighted by Crippen LogP contribution is 2.57. The summed E-state index contributed by atoms with van der Waals surface area (Å²) in [6, 6.07) is 33.0. The SMILES string of the molecule is Cc1cnc2c(c1)N1c3ccccc3-n3c4ccccc4c4ccc(c1c43)-c1ccccc1-2. The van der Waals surface area contributed by atoms with Gasteiger partial charge < -0.3 is 9.47 Å². The molecule has 4 heterocycles. The average Bonchev–Trinajstić information content (AvgIpc) is 3.14. The van der Waals surface area contributed by atoms with Gasteiger partial charge in [-0.3, -0.25) is 4.98 Å². The molecule has 2 aliphatic rings. The van der Waals surface area contributed by atoms with Crippen LogP contribution in [-0.4, -0.2) is 9.55 Å². The maximum absolute atomic E-state index is 4.97. The number of aromatic nitrogens is 2. The second kappa shape index (κ2) is 5.90. The van der Waals surface area contributed by atoms with E-state index in [0.717, 1.165) is 16.9 Å². The van der Waals surface area contributed by atoms with E-state index in [1.165, 1.54) is 55.6 Å². The molecule has 2 aliphatic heterocycles. The maximum Gasteiger partial charge on any atom is 0.0948 e. The van der Waals surface area contributed by atoms with E-state index in [4.69, 9.17) is 4.98 Å². The molecule has 6 aromatic rings. The smallest absolute Gasteiger partial charge is 0.0948 e. The molecule has 0 aliphatic carbocycles. The fourth-order valence-electron chi connectivity index (χ4n) is 5.80. The lowest BCUT2D eigenvalue weighted by Crippen LogP contribution is -2.19. The third-order valence-corrected chi connectivity index (χ3v) is 7.11. The molecule has 0 saturated carbocycles. The van der Waals surface area contributed by atoms with E-state index in [1.54, 1.807) is 0 Å². The monoisotopic (exact) mass is 421 g/mol. The first-order chi connectivity index (χ1) is 16.3. The van der Waals surface area contributed by atoms with E-state index in [0.29, 0.717) is 0 Å². The van der Waals surface area contributed by atoms with Crippen molar-refractivity contribution in [3.8, 4) is 28.1 Å².